The summed E-state index contributed by atoms with van der Waals surface area (Å²) in [7, 11) is 0.990. The number of hydrogen-bond donors (Lipinski definition) is 2. The molecular formula is C25H24F7N5O5. The molecule has 1 saturated carbocycles. The summed E-state index contributed by atoms with van der Waals surface area (Å²) in [6.45, 7) is -0.609. The molecule has 1 aromatic rings. The van der Waals surface area contributed by atoms with Gasteiger partial charge in [0.15, 0.2) is 11.6 Å². The predicted molar refractivity (Wildman–Crippen MR) is 127 cm³/mol. The van der Waals surface area contributed by atoms with E-state index in [1.54, 1.807) is 0 Å². The number of halogens is 7. The molecule has 1 aliphatic carbocycles. The number of likely N-dealkylation sites (tertiary alicyclic amines) is 1. The number of likely N-dealkylation sites (N-methyl/N-ethyl adjacent to an activating group) is 1. The third-order valence-electron chi connectivity index (χ3n) is 7.36. The van der Waals surface area contributed by atoms with Gasteiger partial charge < -0.3 is 25.2 Å². The normalized spacial score (nSPS) is 23.0. The summed E-state index contributed by atoms with van der Waals surface area (Å²) in [5, 5.41) is 13.3. The van der Waals surface area contributed by atoms with E-state index in [-0.39, 0.29) is 12.3 Å². The topological polar surface area (TPSA) is 132 Å². The highest BCUT2D eigenvalue weighted by Gasteiger charge is 2.57. The van der Waals surface area contributed by atoms with Gasteiger partial charge in [0, 0.05) is 32.0 Å². The number of anilines is 1. The van der Waals surface area contributed by atoms with Gasteiger partial charge in [-0.15, -0.1) is 0 Å². The smallest absolute Gasteiger partial charge is 0.471 e. The third-order valence-corrected chi connectivity index (χ3v) is 7.36. The van der Waals surface area contributed by atoms with Gasteiger partial charge >= 0.3 is 12.1 Å². The molecule has 4 rings (SSSR count). The van der Waals surface area contributed by atoms with Gasteiger partial charge in [0.1, 0.15) is 29.6 Å². The quantitative estimate of drug-likeness (QED) is 0.437. The molecule has 2 N–H and O–H groups in total. The van der Waals surface area contributed by atoms with Gasteiger partial charge in [-0.3, -0.25) is 19.2 Å². The van der Waals surface area contributed by atoms with Crippen molar-refractivity contribution in [3.63, 3.8) is 0 Å². The highest BCUT2D eigenvalue weighted by molar-refractivity contribution is 6.02. The lowest BCUT2D eigenvalue weighted by Gasteiger charge is -2.36. The number of carbonyl (C=O) groups is 4. The standard InChI is InChI=1S/C25H24F7N5O5/c1-36(20(38)15(7-18(28)29)34-23(41)25(30,31)32)16(4-11-2-3-11)21(39)37-10-24(8-13(37)9-33)22(40)35-19-14(27)5-12(26)6-17(19)42-24/h5-6,11,13,15-16,18H,2-4,7-8,10H2,1H3,(H,34,41)(H,35,40)/t13-,15-,16-,24+/m0/s1. The molecule has 10 nitrogen and oxygen atoms in total. The van der Waals surface area contributed by atoms with Gasteiger partial charge in [-0.2, -0.15) is 18.4 Å². The Morgan fingerprint density at radius 1 is 1.26 bits per heavy atom. The van der Waals surface area contributed by atoms with E-state index in [0.29, 0.717) is 23.8 Å². The van der Waals surface area contributed by atoms with Crippen LogP contribution in [0, 0.1) is 28.9 Å². The number of fused-ring (bicyclic) bond motifs is 1. The lowest BCUT2D eigenvalue weighted by atomic mass is 9.97. The van der Waals surface area contributed by atoms with Crippen LogP contribution in [-0.4, -0.2) is 83.3 Å². The van der Waals surface area contributed by atoms with Crippen molar-refractivity contribution in [3.8, 4) is 11.8 Å². The van der Waals surface area contributed by atoms with Crippen molar-refractivity contribution >= 4 is 29.3 Å². The van der Waals surface area contributed by atoms with Gasteiger partial charge in [0.25, 0.3) is 5.91 Å². The highest BCUT2D eigenvalue weighted by Crippen LogP contribution is 2.43. The van der Waals surface area contributed by atoms with E-state index in [1.807, 2.05) is 6.07 Å². The van der Waals surface area contributed by atoms with E-state index in [9.17, 15) is 55.2 Å². The molecule has 0 aromatic heterocycles. The lowest BCUT2D eigenvalue weighted by molar-refractivity contribution is -0.175. The Bertz CT molecular complexity index is 1330. The van der Waals surface area contributed by atoms with Crippen LogP contribution in [0.3, 0.4) is 0 Å². The minimum absolute atomic E-state index is 0.0519. The molecule has 42 heavy (non-hydrogen) atoms. The van der Waals surface area contributed by atoms with Crippen LogP contribution < -0.4 is 15.4 Å². The zero-order chi connectivity index (χ0) is 31.1. The molecule has 0 bridgehead atoms. The maximum Gasteiger partial charge on any atom is 0.471 e. The molecule has 4 amide bonds. The average molecular weight is 607 g/mol. The molecule has 2 heterocycles. The number of nitriles is 1. The maximum absolute atomic E-state index is 14.2. The molecular weight excluding hydrogens is 583 g/mol. The Balaban J connectivity index is 1.60. The van der Waals surface area contributed by atoms with Crippen molar-refractivity contribution < 1.29 is 54.6 Å². The first kappa shape index (κ1) is 30.8. The van der Waals surface area contributed by atoms with Crippen molar-refractivity contribution in [1.29, 1.82) is 5.26 Å². The number of ether oxygens (including phenoxy) is 1. The van der Waals surface area contributed by atoms with E-state index in [1.165, 1.54) is 5.32 Å². The fourth-order valence-electron chi connectivity index (χ4n) is 5.02. The summed E-state index contributed by atoms with van der Waals surface area (Å²) >= 11 is 0. The summed E-state index contributed by atoms with van der Waals surface area (Å²) in [6.07, 6.45) is -9.48. The molecule has 2 aliphatic heterocycles. The molecule has 3 aliphatic rings. The Morgan fingerprint density at radius 3 is 2.50 bits per heavy atom. The molecule has 17 heteroatoms. The van der Waals surface area contributed by atoms with Crippen LogP contribution in [0.5, 0.6) is 5.75 Å². The van der Waals surface area contributed by atoms with E-state index < -0.39 is 102 Å². The zero-order valence-corrected chi connectivity index (χ0v) is 21.8. The van der Waals surface area contributed by atoms with Crippen LogP contribution >= 0.6 is 0 Å². The first-order chi connectivity index (χ1) is 19.6. The van der Waals surface area contributed by atoms with Crippen molar-refractivity contribution in [3.05, 3.63) is 23.8 Å². The largest absolute Gasteiger partial charge is 0.473 e. The lowest BCUT2D eigenvalue weighted by Crippen LogP contribution is -2.58. The second-order valence-corrected chi connectivity index (χ2v) is 10.4. The summed E-state index contributed by atoms with van der Waals surface area (Å²) in [5.41, 5.74) is -2.41. The van der Waals surface area contributed by atoms with E-state index in [4.69, 9.17) is 4.74 Å². The molecule has 4 atom stereocenters. The maximum atomic E-state index is 14.2. The Hall–Kier alpha value is -4.10. The number of amides is 4. The number of nitrogens with zero attached hydrogens (tertiary/aromatic N) is 3. The number of hydrogen-bond acceptors (Lipinski definition) is 6. The summed E-state index contributed by atoms with van der Waals surface area (Å²) in [4.78, 5) is 52.9. The van der Waals surface area contributed by atoms with E-state index in [0.717, 1.165) is 18.0 Å². The van der Waals surface area contributed by atoms with Gasteiger partial charge in [0.2, 0.25) is 23.8 Å². The van der Waals surface area contributed by atoms with Crippen LogP contribution in [0.4, 0.5) is 36.4 Å². The van der Waals surface area contributed by atoms with Gasteiger partial charge in [0.05, 0.1) is 12.6 Å². The number of alkyl halides is 5. The molecule has 0 unspecified atom stereocenters. The molecule has 1 spiro atoms. The first-order valence-electron chi connectivity index (χ1n) is 12.7. The van der Waals surface area contributed by atoms with Crippen molar-refractivity contribution in [1.82, 2.24) is 15.1 Å². The van der Waals surface area contributed by atoms with Gasteiger partial charge in [-0.25, -0.2) is 17.6 Å². The SMILES string of the molecule is CN(C(=O)[C@H](CC(F)F)NC(=O)C(F)(F)F)[C@@H](CC1CC1)C(=O)N1C[C@@]2(C[C@H]1C#N)Oc1cc(F)cc(F)c1NC2=O. The van der Waals surface area contributed by atoms with Gasteiger partial charge in [-0.05, 0) is 12.3 Å². The monoisotopic (exact) mass is 607 g/mol. The molecule has 1 aromatic carbocycles. The Labute approximate surface area is 233 Å². The number of carbonyl (C=O) groups excluding carboxylic acids is 4. The van der Waals surface area contributed by atoms with Crippen LogP contribution in [0.2, 0.25) is 0 Å². The molecule has 2 fully saturated rings. The highest BCUT2D eigenvalue weighted by atomic mass is 19.4. The molecule has 0 radical (unpaired) electrons. The molecule has 1 saturated heterocycles. The van der Waals surface area contributed by atoms with E-state index in [2.05, 4.69) is 5.32 Å². The third kappa shape index (κ3) is 6.21. The van der Waals surface area contributed by atoms with Crippen molar-refractivity contribution in [2.45, 2.75) is 68.4 Å². The molecule has 228 valence electrons. The van der Waals surface area contributed by atoms with Crippen LogP contribution in [0.25, 0.3) is 0 Å². The minimum atomic E-state index is -5.47. The predicted octanol–water partition coefficient (Wildman–Crippen LogP) is 2.49. The summed E-state index contributed by atoms with van der Waals surface area (Å²) in [6, 6.07) is -2.02. The number of rotatable bonds is 8. The summed E-state index contributed by atoms with van der Waals surface area (Å²) < 4.78 is 98.4. The minimum Gasteiger partial charge on any atom is -0.473 e. The summed E-state index contributed by atoms with van der Waals surface area (Å²) in [5.74, 6) is -8.57. The van der Waals surface area contributed by atoms with Crippen LogP contribution in [0.1, 0.15) is 32.1 Å². The fraction of sp³-hybridized carbons (Fsp3) is 0.560. The van der Waals surface area contributed by atoms with Crippen molar-refractivity contribution in [2.75, 3.05) is 18.9 Å². The Morgan fingerprint density at radius 2 is 1.93 bits per heavy atom. The second kappa shape index (κ2) is 11.3. The Kier molecular flexibility index (Phi) is 8.29. The van der Waals surface area contributed by atoms with E-state index >= 15 is 0 Å². The first-order valence-corrected chi connectivity index (χ1v) is 12.7. The number of benzene rings is 1. The van der Waals surface area contributed by atoms with Gasteiger partial charge in [-0.1, -0.05) is 12.8 Å². The zero-order valence-electron chi connectivity index (χ0n) is 21.8. The fourth-order valence-corrected chi connectivity index (χ4v) is 5.02. The van der Waals surface area contributed by atoms with Crippen LogP contribution in [-0.2, 0) is 19.2 Å². The van der Waals surface area contributed by atoms with Crippen LogP contribution in [0.15, 0.2) is 12.1 Å². The average Bonchev–Trinajstić information content (AvgIpc) is 3.64. The number of nitrogens with one attached hydrogen (secondary N) is 2. The second-order valence-electron chi connectivity index (χ2n) is 10.4. The van der Waals surface area contributed by atoms with Crippen molar-refractivity contribution in [2.24, 2.45) is 5.92 Å².